The molecule has 3 aromatic rings. The molecular formula is C20H21N3O5S. The number of thiophene rings is 1. The molecule has 0 atom stereocenters. The van der Waals surface area contributed by atoms with Crippen molar-refractivity contribution in [3.05, 3.63) is 50.9 Å². The highest BCUT2D eigenvalue weighted by atomic mass is 32.1. The molecule has 9 heteroatoms. The first-order valence-corrected chi connectivity index (χ1v) is 9.78. The molecule has 0 aliphatic rings. The van der Waals surface area contributed by atoms with Gasteiger partial charge in [-0.05, 0) is 38.5 Å². The third-order valence-corrected chi connectivity index (χ3v) is 5.52. The topological polar surface area (TPSA) is 99.5 Å². The summed E-state index contributed by atoms with van der Waals surface area (Å²) in [5, 5.41) is 3.08. The molecule has 8 nitrogen and oxygen atoms in total. The van der Waals surface area contributed by atoms with Crippen molar-refractivity contribution in [2.24, 2.45) is 0 Å². The van der Waals surface area contributed by atoms with Crippen molar-refractivity contribution in [3.63, 3.8) is 0 Å². The number of ether oxygens (including phenoxy) is 2. The largest absolute Gasteiger partial charge is 0.497 e. The Morgan fingerprint density at radius 3 is 2.72 bits per heavy atom. The molecule has 0 unspecified atom stereocenters. The molecule has 1 N–H and O–H groups in total. The van der Waals surface area contributed by atoms with E-state index in [4.69, 9.17) is 9.47 Å². The molecule has 3 rings (SSSR count). The Labute approximate surface area is 171 Å². The third kappa shape index (κ3) is 4.14. The van der Waals surface area contributed by atoms with Crippen molar-refractivity contribution >= 4 is 39.1 Å². The van der Waals surface area contributed by atoms with Gasteiger partial charge in [0.15, 0.2) is 0 Å². The molecule has 152 valence electrons. The average molecular weight is 415 g/mol. The van der Waals surface area contributed by atoms with Crippen LogP contribution in [-0.2, 0) is 16.1 Å². The predicted octanol–water partition coefficient (Wildman–Crippen LogP) is 2.90. The van der Waals surface area contributed by atoms with Gasteiger partial charge in [-0.3, -0.25) is 14.2 Å². The van der Waals surface area contributed by atoms with Crippen molar-refractivity contribution in [2.45, 2.75) is 27.3 Å². The summed E-state index contributed by atoms with van der Waals surface area (Å²) in [6, 6.07) is 6.93. The SMILES string of the molecule is CCOC(=O)c1sc2nc(C)n(CC(=O)Nc3cccc(OC)c3)c(=O)c2c1C. The van der Waals surface area contributed by atoms with Crippen LogP contribution >= 0.6 is 11.3 Å². The van der Waals surface area contributed by atoms with E-state index in [0.29, 0.717) is 37.9 Å². The average Bonchev–Trinajstić information content (AvgIpc) is 3.01. The number of aryl methyl sites for hydroxylation is 2. The lowest BCUT2D eigenvalue weighted by Gasteiger charge is -2.11. The second kappa shape index (κ2) is 8.44. The van der Waals surface area contributed by atoms with Crippen LogP contribution in [0.4, 0.5) is 5.69 Å². The highest BCUT2D eigenvalue weighted by molar-refractivity contribution is 7.20. The molecule has 1 aromatic carbocycles. The summed E-state index contributed by atoms with van der Waals surface area (Å²) in [6.07, 6.45) is 0. The standard InChI is InChI=1S/C20H21N3O5S/c1-5-28-20(26)17-11(2)16-18(29-17)21-12(3)23(19(16)25)10-15(24)22-13-7-6-8-14(9-13)27-4/h6-9H,5,10H2,1-4H3,(H,22,24). The first-order valence-electron chi connectivity index (χ1n) is 8.97. The summed E-state index contributed by atoms with van der Waals surface area (Å²) in [6.45, 7) is 5.10. The number of methoxy groups -OCH3 is 1. The van der Waals surface area contributed by atoms with E-state index in [1.165, 1.54) is 4.57 Å². The Balaban J connectivity index is 1.93. The minimum atomic E-state index is -0.479. The minimum absolute atomic E-state index is 0.200. The van der Waals surface area contributed by atoms with Gasteiger partial charge in [0.1, 0.15) is 27.8 Å². The first-order chi connectivity index (χ1) is 13.8. The second-order valence-electron chi connectivity index (χ2n) is 6.29. The van der Waals surface area contributed by atoms with Crippen LogP contribution in [0.25, 0.3) is 10.2 Å². The Morgan fingerprint density at radius 1 is 1.28 bits per heavy atom. The fraction of sp³-hybridized carbons (Fsp3) is 0.300. The summed E-state index contributed by atoms with van der Waals surface area (Å²) in [5.41, 5.74) is 0.714. The fourth-order valence-corrected chi connectivity index (χ4v) is 4.05. The Morgan fingerprint density at radius 2 is 2.03 bits per heavy atom. The highest BCUT2D eigenvalue weighted by Gasteiger charge is 2.22. The Hall–Kier alpha value is -3.20. The van der Waals surface area contributed by atoms with Gasteiger partial charge in [-0.1, -0.05) is 6.07 Å². The lowest BCUT2D eigenvalue weighted by atomic mass is 10.2. The van der Waals surface area contributed by atoms with Crippen LogP contribution in [-0.4, -0.2) is 35.1 Å². The maximum atomic E-state index is 13.0. The summed E-state index contributed by atoms with van der Waals surface area (Å²) in [4.78, 5) is 42.9. The van der Waals surface area contributed by atoms with Crippen molar-refractivity contribution in [1.29, 1.82) is 0 Å². The quantitative estimate of drug-likeness (QED) is 0.622. The minimum Gasteiger partial charge on any atom is -0.497 e. The van der Waals surface area contributed by atoms with E-state index in [1.54, 1.807) is 52.1 Å². The summed E-state index contributed by atoms with van der Waals surface area (Å²) in [5.74, 6) is 0.148. The van der Waals surface area contributed by atoms with Gasteiger partial charge in [0, 0.05) is 11.8 Å². The zero-order chi connectivity index (χ0) is 21.1. The van der Waals surface area contributed by atoms with Crippen LogP contribution in [0.5, 0.6) is 5.75 Å². The zero-order valence-corrected chi connectivity index (χ0v) is 17.4. The third-order valence-electron chi connectivity index (χ3n) is 4.36. The summed E-state index contributed by atoms with van der Waals surface area (Å²) < 4.78 is 11.5. The molecule has 0 bridgehead atoms. The number of nitrogens with zero attached hydrogens (tertiary/aromatic N) is 2. The Kier molecular flexibility index (Phi) is 5.97. The molecule has 0 radical (unpaired) electrons. The molecular weight excluding hydrogens is 394 g/mol. The number of hydrogen-bond acceptors (Lipinski definition) is 7. The second-order valence-corrected chi connectivity index (χ2v) is 7.29. The molecule has 2 heterocycles. The molecule has 0 fully saturated rings. The number of hydrogen-bond donors (Lipinski definition) is 1. The molecule has 0 saturated heterocycles. The van der Waals surface area contributed by atoms with Gasteiger partial charge in [-0.25, -0.2) is 9.78 Å². The van der Waals surface area contributed by atoms with Crippen LogP contribution in [0, 0.1) is 13.8 Å². The van der Waals surface area contributed by atoms with Crippen LogP contribution in [0.1, 0.15) is 28.0 Å². The van der Waals surface area contributed by atoms with Crippen molar-refractivity contribution < 1.29 is 19.1 Å². The maximum absolute atomic E-state index is 13.0. The zero-order valence-electron chi connectivity index (χ0n) is 16.6. The number of esters is 1. The van der Waals surface area contributed by atoms with Crippen molar-refractivity contribution in [1.82, 2.24) is 9.55 Å². The smallest absolute Gasteiger partial charge is 0.348 e. The molecule has 2 aromatic heterocycles. The number of rotatable bonds is 6. The number of nitrogens with one attached hydrogen (secondary N) is 1. The molecule has 0 aliphatic heterocycles. The van der Waals surface area contributed by atoms with Crippen LogP contribution in [0.15, 0.2) is 29.1 Å². The predicted molar refractivity (Wildman–Crippen MR) is 111 cm³/mol. The normalized spacial score (nSPS) is 10.8. The summed E-state index contributed by atoms with van der Waals surface area (Å²) in [7, 11) is 1.54. The van der Waals surface area contributed by atoms with E-state index >= 15 is 0 Å². The van der Waals surface area contributed by atoms with E-state index in [9.17, 15) is 14.4 Å². The van der Waals surface area contributed by atoms with Crippen LogP contribution < -0.4 is 15.6 Å². The van der Waals surface area contributed by atoms with Crippen LogP contribution in [0.2, 0.25) is 0 Å². The number of benzene rings is 1. The number of carbonyl (C=O) groups is 2. The number of fused-ring (bicyclic) bond motifs is 1. The lowest BCUT2D eigenvalue weighted by molar-refractivity contribution is -0.116. The molecule has 0 spiro atoms. The lowest BCUT2D eigenvalue weighted by Crippen LogP contribution is -2.30. The van der Waals surface area contributed by atoms with E-state index in [1.807, 2.05) is 0 Å². The van der Waals surface area contributed by atoms with Gasteiger partial charge in [-0.2, -0.15) is 0 Å². The van der Waals surface area contributed by atoms with Crippen molar-refractivity contribution in [3.8, 4) is 5.75 Å². The number of amides is 1. The van der Waals surface area contributed by atoms with Crippen LogP contribution in [0.3, 0.4) is 0 Å². The van der Waals surface area contributed by atoms with E-state index < -0.39 is 5.97 Å². The van der Waals surface area contributed by atoms with Gasteiger partial charge in [-0.15, -0.1) is 11.3 Å². The molecule has 0 aliphatic carbocycles. The molecule has 29 heavy (non-hydrogen) atoms. The Bertz CT molecular complexity index is 1150. The fourth-order valence-electron chi connectivity index (χ4n) is 2.94. The van der Waals surface area contributed by atoms with Gasteiger partial charge in [0.25, 0.3) is 5.56 Å². The van der Waals surface area contributed by atoms with E-state index in [0.717, 1.165) is 11.3 Å². The number of aromatic nitrogens is 2. The van der Waals surface area contributed by atoms with Gasteiger partial charge < -0.3 is 14.8 Å². The summed E-state index contributed by atoms with van der Waals surface area (Å²) >= 11 is 1.12. The first kappa shape index (κ1) is 20.5. The van der Waals surface area contributed by atoms with Gasteiger partial charge in [0.05, 0.1) is 19.1 Å². The number of anilines is 1. The van der Waals surface area contributed by atoms with E-state index in [-0.39, 0.29) is 24.6 Å². The van der Waals surface area contributed by atoms with Crippen molar-refractivity contribution in [2.75, 3.05) is 19.0 Å². The number of carbonyl (C=O) groups excluding carboxylic acids is 2. The molecule has 0 saturated carbocycles. The monoisotopic (exact) mass is 415 g/mol. The maximum Gasteiger partial charge on any atom is 0.348 e. The van der Waals surface area contributed by atoms with Gasteiger partial charge >= 0.3 is 5.97 Å². The highest BCUT2D eigenvalue weighted by Crippen LogP contribution is 2.28. The molecule has 1 amide bonds. The van der Waals surface area contributed by atoms with E-state index in [2.05, 4.69) is 10.3 Å². The van der Waals surface area contributed by atoms with Gasteiger partial charge in [0.2, 0.25) is 5.91 Å².